The Labute approximate surface area is 185 Å². The molecule has 2 N–H and O–H groups in total. The van der Waals surface area contributed by atoms with Gasteiger partial charge in [-0.25, -0.2) is 0 Å². The fourth-order valence-electron chi connectivity index (χ4n) is 10.6. The van der Waals surface area contributed by atoms with Crippen molar-refractivity contribution in [3.8, 4) is 0 Å². The molecular formula is C24H39NO6. The molecule has 0 aromatic carbocycles. The average molecular weight is 438 g/mol. The number of likely N-dealkylation sites (tertiary alicyclic amines) is 1. The van der Waals surface area contributed by atoms with E-state index in [2.05, 4.69) is 11.8 Å². The Morgan fingerprint density at radius 3 is 2.35 bits per heavy atom. The lowest BCUT2D eigenvalue weighted by Gasteiger charge is -2.68. The fraction of sp³-hybridized carbons (Fsp3) is 1.00. The molecule has 6 rings (SSSR count). The van der Waals surface area contributed by atoms with Crippen LogP contribution in [0, 0.1) is 35.0 Å². The van der Waals surface area contributed by atoms with Crippen LogP contribution in [-0.2, 0) is 18.9 Å². The van der Waals surface area contributed by atoms with E-state index in [0.29, 0.717) is 12.3 Å². The molecule has 7 bridgehead atoms. The van der Waals surface area contributed by atoms with Crippen LogP contribution in [0.15, 0.2) is 0 Å². The lowest BCUT2D eigenvalue weighted by Crippen LogP contribution is -2.81. The van der Waals surface area contributed by atoms with E-state index in [-0.39, 0.29) is 53.4 Å². The lowest BCUT2D eigenvalue weighted by molar-refractivity contribution is -0.315. The summed E-state index contributed by atoms with van der Waals surface area (Å²) in [6.45, 7) is 3.99. The van der Waals surface area contributed by atoms with Crippen molar-refractivity contribution >= 4 is 0 Å². The zero-order chi connectivity index (χ0) is 21.9. The third kappa shape index (κ3) is 2.01. The van der Waals surface area contributed by atoms with Crippen LogP contribution >= 0.6 is 0 Å². The van der Waals surface area contributed by atoms with Crippen LogP contribution in [0.3, 0.4) is 0 Å². The van der Waals surface area contributed by atoms with Gasteiger partial charge >= 0.3 is 0 Å². The first-order valence-corrected chi connectivity index (χ1v) is 12.2. The molecule has 0 amide bonds. The third-order valence-electron chi connectivity index (χ3n) is 11.1. The number of methoxy groups -OCH3 is 4. The van der Waals surface area contributed by atoms with Crippen LogP contribution in [-0.4, -0.2) is 98.3 Å². The normalized spacial score (nSPS) is 61.6. The molecule has 0 aromatic heterocycles. The molecule has 1 heterocycles. The van der Waals surface area contributed by atoms with Gasteiger partial charge in [-0.3, -0.25) is 4.90 Å². The number of nitrogens with zero attached hydrogens (tertiary/aromatic N) is 1. The van der Waals surface area contributed by atoms with Crippen molar-refractivity contribution in [1.82, 2.24) is 4.90 Å². The zero-order valence-electron chi connectivity index (χ0n) is 19.5. The molecule has 1 saturated heterocycles. The number of fused-ring (bicyclic) bond motifs is 2. The maximum atomic E-state index is 12.8. The molecule has 0 aromatic rings. The predicted octanol–water partition coefficient (Wildman–Crippen LogP) is 0.909. The van der Waals surface area contributed by atoms with Crippen molar-refractivity contribution < 1.29 is 29.2 Å². The molecule has 13 atom stereocenters. The fourth-order valence-corrected chi connectivity index (χ4v) is 10.6. The highest BCUT2D eigenvalue weighted by Gasteiger charge is 2.89. The molecule has 0 unspecified atom stereocenters. The van der Waals surface area contributed by atoms with Gasteiger partial charge in [0.25, 0.3) is 0 Å². The van der Waals surface area contributed by atoms with E-state index in [1.165, 1.54) is 0 Å². The third-order valence-corrected chi connectivity index (χ3v) is 11.1. The smallest absolute Gasteiger partial charge is 0.136 e. The van der Waals surface area contributed by atoms with Crippen molar-refractivity contribution in [3.05, 3.63) is 0 Å². The van der Waals surface area contributed by atoms with Crippen LogP contribution in [0.25, 0.3) is 0 Å². The zero-order valence-corrected chi connectivity index (χ0v) is 19.5. The summed E-state index contributed by atoms with van der Waals surface area (Å²) in [5.74, 6) is 0.946. The summed E-state index contributed by atoms with van der Waals surface area (Å²) in [5, 5.41) is 25.5. The second kappa shape index (κ2) is 6.65. The second-order valence-corrected chi connectivity index (χ2v) is 11.2. The molecule has 6 aliphatic rings. The molecule has 5 aliphatic carbocycles. The number of rotatable bonds is 5. The number of hydrogen-bond acceptors (Lipinski definition) is 7. The number of likely N-dealkylation sites (N-methyl/N-ethyl adjacent to an activating group) is 1. The van der Waals surface area contributed by atoms with E-state index in [4.69, 9.17) is 18.9 Å². The summed E-state index contributed by atoms with van der Waals surface area (Å²) >= 11 is 0. The quantitative estimate of drug-likeness (QED) is 0.662. The van der Waals surface area contributed by atoms with E-state index in [9.17, 15) is 10.2 Å². The van der Waals surface area contributed by atoms with Gasteiger partial charge in [-0.15, -0.1) is 0 Å². The highest BCUT2D eigenvalue weighted by Crippen LogP contribution is 2.78. The van der Waals surface area contributed by atoms with Crippen molar-refractivity contribution in [1.29, 1.82) is 0 Å². The molecule has 0 radical (unpaired) electrons. The van der Waals surface area contributed by atoms with E-state index >= 15 is 0 Å². The number of piperidine rings is 1. The van der Waals surface area contributed by atoms with Gasteiger partial charge in [0.05, 0.1) is 30.5 Å². The van der Waals surface area contributed by atoms with Crippen molar-refractivity contribution in [2.75, 3.05) is 41.5 Å². The highest BCUT2D eigenvalue weighted by atomic mass is 16.5. The first-order chi connectivity index (χ1) is 14.9. The molecule has 31 heavy (non-hydrogen) atoms. The predicted molar refractivity (Wildman–Crippen MR) is 112 cm³/mol. The molecule has 7 nitrogen and oxygen atoms in total. The largest absolute Gasteiger partial charge is 0.386 e. The first-order valence-electron chi connectivity index (χ1n) is 12.2. The molecule has 7 heteroatoms. The molecule has 1 aliphatic heterocycles. The van der Waals surface area contributed by atoms with Crippen molar-refractivity contribution in [2.24, 2.45) is 35.0 Å². The molecule has 5 saturated carbocycles. The second-order valence-electron chi connectivity index (χ2n) is 11.2. The van der Waals surface area contributed by atoms with Gasteiger partial charge in [-0.05, 0) is 37.6 Å². The van der Waals surface area contributed by atoms with Gasteiger partial charge in [0.15, 0.2) is 0 Å². The molecular weight excluding hydrogens is 398 g/mol. The van der Waals surface area contributed by atoms with Gasteiger partial charge in [0, 0.05) is 64.6 Å². The summed E-state index contributed by atoms with van der Waals surface area (Å²) < 4.78 is 24.5. The topological polar surface area (TPSA) is 80.6 Å². The van der Waals surface area contributed by atoms with Gasteiger partial charge < -0.3 is 29.2 Å². The number of aliphatic hydroxyl groups is 2. The van der Waals surface area contributed by atoms with Crippen molar-refractivity contribution in [3.63, 3.8) is 0 Å². The van der Waals surface area contributed by atoms with Crippen LogP contribution in [0.2, 0.25) is 0 Å². The van der Waals surface area contributed by atoms with E-state index in [1.807, 2.05) is 7.11 Å². The first kappa shape index (κ1) is 21.3. The monoisotopic (exact) mass is 437 g/mol. The molecule has 1 spiro atoms. The van der Waals surface area contributed by atoms with Crippen LogP contribution in [0.4, 0.5) is 0 Å². The Balaban J connectivity index is 1.66. The van der Waals surface area contributed by atoms with Crippen LogP contribution in [0.5, 0.6) is 0 Å². The minimum absolute atomic E-state index is 0.0483. The highest BCUT2D eigenvalue weighted by molar-refractivity contribution is 5.40. The Morgan fingerprint density at radius 2 is 1.74 bits per heavy atom. The number of hydrogen-bond donors (Lipinski definition) is 2. The van der Waals surface area contributed by atoms with Gasteiger partial charge in [-0.1, -0.05) is 6.92 Å². The summed E-state index contributed by atoms with van der Waals surface area (Å²) in [6, 6.07) is -0.181. The van der Waals surface area contributed by atoms with Crippen LogP contribution in [0.1, 0.15) is 32.6 Å². The Morgan fingerprint density at radius 1 is 0.968 bits per heavy atom. The van der Waals surface area contributed by atoms with E-state index < -0.39 is 17.3 Å². The molecule has 6 fully saturated rings. The Hall–Kier alpha value is -0.280. The van der Waals surface area contributed by atoms with Gasteiger partial charge in [0.2, 0.25) is 0 Å². The summed E-state index contributed by atoms with van der Waals surface area (Å²) in [6.07, 6.45) is 2.85. The van der Waals surface area contributed by atoms with Crippen LogP contribution < -0.4 is 0 Å². The number of ether oxygens (including phenoxy) is 4. The summed E-state index contributed by atoms with van der Waals surface area (Å²) in [4.78, 5) is 2.45. The van der Waals surface area contributed by atoms with Gasteiger partial charge in [0.1, 0.15) is 11.2 Å². The van der Waals surface area contributed by atoms with E-state index in [0.717, 1.165) is 32.4 Å². The SMILES string of the molecule is CCN1C[C@@H]2CC[C@H](OC)[C@@]34[C@@H]2[C@H](OC)[C@](O)([C@@H]13)[C@@]1(O)C[C@H](OC)[C@H]2C[C@@H]4[C@@H]1[C@H]2OC. The molecule has 176 valence electrons. The Bertz CT molecular complexity index is 752. The maximum Gasteiger partial charge on any atom is 0.136 e. The summed E-state index contributed by atoms with van der Waals surface area (Å²) in [7, 11) is 7.03. The van der Waals surface area contributed by atoms with Crippen molar-refractivity contribution in [2.45, 2.75) is 74.3 Å². The average Bonchev–Trinajstić information content (AvgIpc) is 3.17. The lowest BCUT2D eigenvalue weighted by atomic mass is 9.45. The minimum Gasteiger partial charge on any atom is -0.386 e. The Kier molecular flexibility index (Phi) is 4.56. The standard InChI is InChI=1S/C24H39NO6/c1-6-25-11-12-7-8-16(29-3)23-14-9-13-15(28-2)10-22(26,18(14)19(13)30-4)24(27,21(23)25)20(31-5)17(12)23/h12-21,26-27H,6-11H2,1-5H3/t12-,13+,14+,15-,16-,17-,18+,19-,20-,21-,22+,23-,24-/m0/s1. The maximum absolute atomic E-state index is 12.8. The minimum atomic E-state index is -1.39. The van der Waals surface area contributed by atoms with E-state index in [1.54, 1.807) is 21.3 Å². The summed E-state index contributed by atoms with van der Waals surface area (Å²) in [5.41, 5.74) is -2.95. The van der Waals surface area contributed by atoms with Gasteiger partial charge in [-0.2, -0.15) is 0 Å².